The molecular formula is C13H13NO3. The van der Waals surface area contributed by atoms with Crippen molar-refractivity contribution in [1.29, 1.82) is 0 Å². The number of ether oxygens (including phenoxy) is 2. The molecule has 4 heteroatoms. The van der Waals surface area contributed by atoms with Gasteiger partial charge in [0, 0.05) is 6.07 Å². The topological polar surface area (TPSA) is 64.7 Å². The highest BCUT2D eigenvalue weighted by atomic mass is 16.5. The van der Waals surface area contributed by atoms with Crippen molar-refractivity contribution in [2.24, 2.45) is 0 Å². The van der Waals surface area contributed by atoms with Crippen LogP contribution in [0.25, 0.3) is 0 Å². The van der Waals surface area contributed by atoms with Gasteiger partial charge in [-0.15, -0.1) is 0 Å². The predicted molar refractivity (Wildman–Crippen MR) is 65.6 cm³/mol. The lowest BCUT2D eigenvalue weighted by molar-refractivity contribution is 0.399. The molecule has 0 heterocycles. The van der Waals surface area contributed by atoms with Gasteiger partial charge in [0.15, 0.2) is 17.2 Å². The van der Waals surface area contributed by atoms with E-state index < -0.39 is 0 Å². The zero-order valence-corrected chi connectivity index (χ0v) is 9.38. The van der Waals surface area contributed by atoms with Crippen molar-refractivity contribution in [3.63, 3.8) is 0 Å². The van der Waals surface area contributed by atoms with E-state index in [4.69, 9.17) is 15.2 Å². The number of aromatic hydroxyl groups is 1. The Morgan fingerprint density at radius 1 is 1.06 bits per heavy atom. The van der Waals surface area contributed by atoms with Crippen LogP contribution in [0.1, 0.15) is 0 Å². The Balaban J connectivity index is 2.32. The van der Waals surface area contributed by atoms with Crippen molar-refractivity contribution in [1.82, 2.24) is 0 Å². The summed E-state index contributed by atoms with van der Waals surface area (Å²) >= 11 is 0. The molecule has 0 amide bonds. The molecule has 17 heavy (non-hydrogen) atoms. The number of methoxy groups -OCH3 is 1. The number of phenols is 1. The number of phenolic OH excluding ortho intramolecular Hbond substituents is 1. The van der Waals surface area contributed by atoms with Crippen LogP contribution in [0.3, 0.4) is 0 Å². The minimum atomic E-state index is 0.0646. The molecule has 0 aromatic heterocycles. The largest absolute Gasteiger partial charge is 0.504 e. The van der Waals surface area contributed by atoms with E-state index in [1.807, 2.05) is 0 Å². The highest BCUT2D eigenvalue weighted by Crippen LogP contribution is 2.35. The van der Waals surface area contributed by atoms with Crippen LogP contribution in [0, 0.1) is 0 Å². The number of anilines is 1. The molecule has 2 rings (SSSR count). The first-order valence-corrected chi connectivity index (χ1v) is 5.10. The number of benzene rings is 2. The van der Waals surface area contributed by atoms with Gasteiger partial charge in [-0.3, -0.25) is 0 Å². The van der Waals surface area contributed by atoms with E-state index in [0.717, 1.165) is 0 Å². The molecule has 0 unspecified atom stereocenters. The van der Waals surface area contributed by atoms with Crippen molar-refractivity contribution in [2.75, 3.05) is 12.8 Å². The lowest BCUT2D eigenvalue weighted by Gasteiger charge is -2.10. The molecule has 0 bridgehead atoms. The van der Waals surface area contributed by atoms with Crippen LogP contribution in [0.15, 0.2) is 42.5 Å². The zero-order valence-electron chi connectivity index (χ0n) is 9.38. The summed E-state index contributed by atoms with van der Waals surface area (Å²) in [4.78, 5) is 0. The van der Waals surface area contributed by atoms with Gasteiger partial charge in [0.2, 0.25) is 0 Å². The van der Waals surface area contributed by atoms with Gasteiger partial charge in [0.05, 0.1) is 12.8 Å². The van der Waals surface area contributed by atoms with Crippen LogP contribution in [0.2, 0.25) is 0 Å². The van der Waals surface area contributed by atoms with Crippen LogP contribution < -0.4 is 15.2 Å². The van der Waals surface area contributed by atoms with Gasteiger partial charge in [0.1, 0.15) is 5.75 Å². The van der Waals surface area contributed by atoms with Gasteiger partial charge in [-0.1, -0.05) is 12.1 Å². The third kappa shape index (κ3) is 2.42. The van der Waals surface area contributed by atoms with Crippen LogP contribution in [0.5, 0.6) is 23.0 Å². The Morgan fingerprint density at radius 3 is 2.53 bits per heavy atom. The second kappa shape index (κ2) is 4.65. The third-order valence-electron chi connectivity index (χ3n) is 2.31. The monoisotopic (exact) mass is 231 g/mol. The molecule has 0 aliphatic rings. The van der Waals surface area contributed by atoms with Crippen LogP contribution in [-0.2, 0) is 0 Å². The summed E-state index contributed by atoms with van der Waals surface area (Å²) in [6, 6.07) is 11.8. The highest BCUT2D eigenvalue weighted by molar-refractivity contribution is 5.57. The molecule has 0 saturated carbocycles. The molecule has 0 fully saturated rings. The lowest BCUT2D eigenvalue weighted by Crippen LogP contribution is -1.93. The molecule has 0 spiro atoms. The van der Waals surface area contributed by atoms with Gasteiger partial charge in [0.25, 0.3) is 0 Å². The maximum absolute atomic E-state index is 9.59. The Morgan fingerprint density at radius 2 is 1.82 bits per heavy atom. The number of hydrogen-bond acceptors (Lipinski definition) is 4. The fourth-order valence-electron chi connectivity index (χ4n) is 1.39. The summed E-state index contributed by atoms with van der Waals surface area (Å²) < 4.78 is 10.6. The molecule has 4 nitrogen and oxygen atoms in total. The molecule has 0 aliphatic carbocycles. The first-order valence-electron chi connectivity index (χ1n) is 5.10. The van der Waals surface area contributed by atoms with E-state index in [2.05, 4.69) is 0 Å². The normalized spacial score (nSPS) is 9.94. The minimum Gasteiger partial charge on any atom is -0.504 e. The number of para-hydroxylation sites is 2. The zero-order chi connectivity index (χ0) is 12.3. The van der Waals surface area contributed by atoms with Gasteiger partial charge in [-0.2, -0.15) is 0 Å². The first-order chi connectivity index (χ1) is 8.20. The molecule has 0 atom stereocenters. The number of nitrogens with two attached hydrogens (primary N) is 1. The maximum Gasteiger partial charge on any atom is 0.169 e. The summed E-state index contributed by atoms with van der Waals surface area (Å²) in [5, 5.41) is 9.59. The van der Waals surface area contributed by atoms with Gasteiger partial charge >= 0.3 is 0 Å². The van der Waals surface area contributed by atoms with E-state index in [1.165, 1.54) is 0 Å². The SMILES string of the molecule is COc1ccc(N)c(Oc2ccccc2O)c1. The van der Waals surface area contributed by atoms with Gasteiger partial charge in [-0.05, 0) is 24.3 Å². The molecule has 0 aliphatic heterocycles. The molecule has 0 saturated heterocycles. The van der Waals surface area contributed by atoms with Crippen molar-refractivity contribution < 1.29 is 14.6 Å². The third-order valence-corrected chi connectivity index (χ3v) is 2.31. The van der Waals surface area contributed by atoms with Crippen molar-refractivity contribution in [2.45, 2.75) is 0 Å². The summed E-state index contributed by atoms with van der Waals surface area (Å²) in [5.74, 6) is 1.51. The summed E-state index contributed by atoms with van der Waals surface area (Å²) in [5.41, 5.74) is 6.26. The summed E-state index contributed by atoms with van der Waals surface area (Å²) in [6.45, 7) is 0. The van der Waals surface area contributed by atoms with E-state index >= 15 is 0 Å². The number of rotatable bonds is 3. The quantitative estimate of drug-likeness (QED) is 0.797. The molecule has 2 aromatic carbocycles. The standard InChI is InChI=1S/C13H13NO3/c1-16-9-6-7-10(14)13(8-9)17-12-5-3-2-4-11(12)15/h2-8,15H,14H2,1H3. The fraction of sp³-hybridized carbons (Fsp3) is 0.0769. The fourth-order valence-corrected chi connectivity index (χ4v) is 1.39. The minimum absolute atomic E-state index is 0.0646. The van der Waals surface area contributed by atoms with Crippen molar-refractivity contribution in [3.05, 3.63) is 42.5 Å². The Kier molecular flexibility index (Phi) is 3.05. The molecule has 88 valence electrons. The van der Waals surface area contributed by atoms with Crippen LogP contribution in [-0.4, -0.2) is 12.2 Å². The number of hydrogen-bond donors (Lipinski definition) is 2. The van der Waals surface area contributed by atoms with Crippen molar-refractivity contribution in [3.8, 4) is 23.0 Å². The van der Waals surface area contributed by atoms with E-state index in [9.17, 15) is 5.11 Å². The molecular weight excluding hydrogens is 218 g/mol. The van der Waals surface area contributed by atoms with Crippen molar-refractivity contribution >= 4 is 5.69 Å². The molecule has 2 aromatic rings. The molecule has 3 N–H and O–H groups in total. The second-order valence-electron chi connectivity index (χ2n) is 3.47. The average Bonchev–Trinajstić information content (AvgIpc) is 2.35. The highest BCUT2D eigenvalue weighted by Gasteiger charge is 2.07. The maximum atomic E-state index is 9.59. The van der Waals surface area contributed by atoms with Crippen LogP contribution >= 0.6 is 0 Å². The Bertz CT molecular complexity index is 526. The van der Waals surface area contributed by atoms with E-state index in [-0.39, 0.29) is 5.75 Å². The second-order valence-corrected chi connectivity index (χ2v) is 3.47. The molecule has 0 radical (unpaired) electrons. The van der Waals surface area contributed by atoms with Crippen LogP contribution in [0.4, 0.5) is 5.69 Å². The van der Waals surface area contributed by atoms with Gasteiger partial charge < -0.3 is 20.3 Å². The Hall–Kier alpha value is -2.36. The van der Waals surface area contributed by atoms with E-state index in [1.54, 1.807) is 49.6 Å². The number of nitrogen functional groups attached to an aromatic ring is 1. The summed E-state index contributed by atoms with van der Waals surface area (Å²) in [7, 11) is 1.56. The average molecular weight is 231 g/mol. The van der Waals surface area contributed by atoms with E-state index in [0.29, 0.717) is 22.9 Å². The van der Waals surface area contributed by atoms with Gasteiger partial charge in [-0.25, -0.2) is 0 Å². The smallest absolute Gasteiger partial charge is 0.169 e. The first kappa shape index (κ1) is 11.1. The lowest BCUT2D eigenvalue weighted by atomic mass is 10.2. The summed E-state index contributed by atoms with van der Waals surface area (Å²) in [6.07, 6.45) is 0. The Labute approximate surface area is 99.2 Å². The predicted octanol–water partition coefficient (Wildman–Crippen LogP) is 2.78.